The molecule has 2 unspecified atom stereocenters. The Morgan fingerprint density at radius 1 is 1.43 bits per heavy atom. The number of phenols is 1. The van der Waals surface area contributed by atoms with Crippen molar-refractivity contribution in [2.24, 2.45) is 0 Å². The molecule has 2 aliphatic rings. The van der Waals surface area contributed by atoms with Gasteiger partial charge in [-0.2, -0.15) is 0 Å². The second-order valence-corrected chi connectivity index (χ2v) is 5.72. The monoisotopic (exact) mass is 311 g/mol. The van der Waals surface area contributed by atoms with Crippen LogP contribution < -0.4 is 5.32 Å². The standard InChI is InChI=1S/C13H14ClN3O4/c14-7-5-8(11(18)10(6-7)17(20)21)12-15-13(19)9-3-1-2-4-16(9)12/h5-6,9,12,18H,1-4H2,(H,15,19). The van der Waals surface area contributed by atoms with Crippen molar-refractivity contribution in [3.63, 3.8) is 0 Å². The molecular weight excluding hydrogens is 298 g/mol. The summed E-state index contributed by atoms with van der Waals surface area (Å²) in [6, 6.07) is 2.33. The Labute approximate surface area is 125 Å². The summed E-state index contributed by atoms with van der Waals surface area (Å²) in [6.45, 7) is 0.702. The Kier molecular flexibility index (Phi) is 3.46. The summed E-state index contributed by atoms with van der Waals surface area (Å²) in [4.78, 5) is 24.2. The van der Waals surface area contributed by atoms with Crippen LogP contribution in [0, 0.1) is 10.1 Å². The summed E-state index contributed by atoms with van der Waals surface area (Å²) in [7, 11) is 0. The van der Waals surface area contributed by atoms with E-state index in [1.807, 2.05) is 4.90 Å². The van der Waals surface area contributed by atoms with Crippen molar-refractivity contribution in [3.05, 3.63) is 32.8 Å². The summed E-state index contributed by atoms with van der Waals surface area (Å²) in [5, 5.41) is 24.1. The maximum absolute atomic E-state index is 12.0. The summed E-state index contributed by atoms with van der Waals surface area (Å²) in [6.07, 6.45) is 2.11. The molecule has 7 nitrogen and oxygen atoms in total. The van der Waals surface area contributed by atoms with Crippen LogP contribution in [0.2, 0.25) is 5.02 Å². The highest BCUT2D eigenvalue weighted by atomic mass is 35.5. The van der Waals surface area contributed by atoms with Gasteiger partial charge in [0.2, 0.25) is 11.7 Å². The third kappa shape index (κ3) is 2.32. The lowest BCUT2D eigenvalue weighted by molar-refractivity contribution is -0.386. The van der Waals surface area contributed by atoms with Gasteiger partial charge in [0.1, 0.15) is 6.17 Å². The van der Waals surface area contributed by atoms with Crippen molar-refractivity contribution in [2.75, 3.05) is 6.54 Å². The number of hydrogen-bond acceptors (Lipinski definition) is 5. The molecule has 0 spiro atoms. The van der Waals surface area contributed by atoms with Crippen molar-refractivity contribution in [3.8, 4) is 5.75 Å². The number of carbonyl (C=O) groups excluding carboxylic acids is 1. The molecule has 0 saturated carbocycles. The number of nitrogens with zero attached hydrogens (tertiary/aromatic N) is 2. The SMILES string of the molecule is O=C1NC(c2cc(Cl)cc([N+](=O)[O-])c2O)N2CCCCC12. The molecule has 112 valence electrons. The molecule has 0 aliphatic carbocycles. The predicted molar refractivity (Wildman–Crippen MR) is 75.0 cm³/mol. The number of aromatic hydroxyl groups is 1. The van der Waals surface area contributed by atoms with E-state index in [2.05, 4.69) is 5.32 Å². The van der Waals surface area contributed by atoms with Gasteiger partial charge in [0.25, 0.3) is 0 Å². The zero-order valence-electron chi connectivity index (χ0n) is 11.1. The van der Waals surface area contributed by atoms with E-state index in [0.717, 1.165) is 25.3 Å². The molecule has 1 amide bonds. The van der Waals surface area contributed by atoms with E-state index in [1.165, 1.54) is 6.07 Å². The minimum absolute atomic E-state index is 0.110. The Morgan fingerprint density at radius 2 is 2.19 bits per heavy atom. The lowest BCUT2D eigenvalue weighted by atomic mass is 10.0. The zero-order chi connectivity index (χ0) is 15.1. The van der Waals surface area contributed by atoms with E-state index >= 15 is 0 Å². The van der Waals surface area contributed by atoms with Crippen LogP contribution in [0.3, 0.4) is 0 Å². The number of halogens is 1. The number of nitro groups is 1. The first-order valence-corrected chi connectivity index (χ1v) is 7.10. The van der Waals surface area contributed by atoms with E-state index in [1.54, 1.807) is 0 Å². The summed E-state index contributed by atoms with van der Waals surface area (Å²) < 4.78 is 0. The molecule has 21 heavy (non-hydrogen) atoms. The maximum Gasteiger partial charge on any atom is 0.312 e. The molecular formula is C13H14ClN3O4. The van der Waals surface area contributed by atoms with Crippen LogP contribution in [0.5, 0.6) is 5.75 Å². The molecule has 2 saturated heterocycles. The molecule has 2 heterocycles. The van der Waals surface area contributed by atoms with Crippen molar-refractivity contribution < 1.29 is 14.8 Å². The number of fused-ring (bicyclic) bond motifs is 1. The highest BCUT2D eigenvalue weighted by Crippen LogP contribution is 2.41. The number of hydrogen-bond donors (Lipinski definition) is 2. The lowest BCUT2D eigenvalue weighted by Gasteiger charge is -2.31. The molecule has 2 aliphatic heterocycles. The van der Waals surface area contributed by atoms with Crippen molar-refractivity contribution in [1.82, 2.24) is 10.2 Å². The smallest absolute Gasteiger partial charge is 0.312 e. The van der Waals surface area contributed by atoms with Gasteiger partial charge < -0.3 is 10.4 Å². The maximum atomic E-state index is 12.0. The minimum Gasteiger partial charge on any atom is -0.502 e. The van der Waals surface area contributed by atoms with Gasteiger partial charge in [0.15, 0.2) is 0 Å². The van der Waals surface area contributed by atoms with E-state index < -0.39 is 22.5 Å². The first kappa shape index (κ1) is 14.1. The number of amides is 1. The highest BCUT2D eigenvalue weighted by Gasteiger charge is 2.43. The second kappa shape index (κ2) is 5.16. The summed E-state index contributed by atoms with van der Waals surface area (Å²) in [5.41, 5.74) is -0.181. The van der Waals surface area contributed by atoms with Gasteiger partial charge in [-0.15, -0.1) is 0 Å². The van der Waals surface area contributed by atoms with Crippen LogP contribution >= 0.6 is 11.6 Å². The number of phenolic OH excluding ortho intramolecular Hbond substituents is 1. The van der Waals surface area contributed by atoms with Gasteiger partial charge in [-0.05, 0) is 18.9 Å². The molecule has 0 radical (unpaired) electrons. The molecule has 2 fully saturated rings. The fourth-order valence-corrected chi connectivity index (χ4v) is 3.29. The number of nitrogens with one attached hydrogen (secondary N) is 1. The second-order valence-electron chi connectivity index (χ2n) is 5.28. The Morgan fingerprint density at radius 3 is 2.90 bits per heavy atom. The molecule has 1 aromatic rings. The number of piperidine rings is 1. The average Bonchev–Trinajstić information content (AvgIpc) is 2.78. The topological polar surface area (TPSA) is 95.7 Å². The Balaban J connectivity index is 2.04. The number of carbonyl (C=O) groups is 1. The van der Waals surface area contributed by atoms with E-state index in [4.69, 9.17) is 11.6 Å². The lowest BCUT2D eigenvalue weighted by Crippen LogP contribution is -2.38. The number of benzene rings is 1. The molecule has 2 atom stereocenters. The fourth-order valence-electron chi connectivity index (χ4n) is 3.07. The normalized spacial score (nSPS) is 25.5. The molecule has 2 N–H and O–H groups in total. The largest absolute Gasteiger partial charge is 0.502 e. The Bertz CT molecular complexity index is 622. The van der Waals surface area contributed by atoms with E-state index in [0.29, 0.717) is 6.54 Å². The van der Waals surface area contributed by atoms with Crippen molar-refractivity contribution in [2.45, 2.75) is 31.5 Å². The fraction of sp³-hybridized carbons (Fsp3) is 0.462. The number of rotatable bonds is 2. The van der Waals surface area contributed by atoms with Gasteiger partial charge in [-0.25, -0.2) is 0 Å². The van der Waals surface area contributed by atoms with Gasteiger partial charge in [-0.3, -0.25) is 19.8 Å². The highest BCUT2D eigenvalue weighted by molar-refractivity contribution is 6.31. The third-order valence-corrected chi connectivity index (χ3v) is 4.25. The predicted octanol–water partition coefficient (Wildman–Crippen LogP) is 1.94. The first-order valence-electron chi connectivity index (χ1n) is 6.72. The average molecular weight is 312 g/mol. The van der Waals surface area contributed by atoms with Crippen molar-refractivity contribution in [1.29, 1.82) is 0 Å². The third-order valence-electron chi connectivity index (χ3n) is 4.03. The zero-order valence-corrected chi connectivity index (χ0v) is 11.8. The Hall–Kier alpha value is -1.86. The number of nitro benzene ring substituents is 1. The van der Waals surface area contributed by atoms with Gasteiger partial charge >= 0.3 is 5.69 Å². The van der Waals surface area contributed by atoms with Crippen LogP contribution in [0.15, 0.2) is 12.1 Å². The van der Waals surface area contributed by atoms with E-state index in [9.17, 15) is 20.0 Å². The summed E-state index contributed by atoms with van der Waals surface area (Å²) in [5.74, 6) is -0.553. The van der Waals surface area contributed by atoms with Crippen LogP contribution in [0.4, 0.5) is 5.69 Å². The van der Waals surface area contributed by atoms with E-state index in [-0.39, 0.29) is 22.5 Å². The first-order chi connectivity index (χ1) is 9.99. The quantitative estimate of drug-likeness (QED) is 0.643. The molecule has 8 heteroatoms. The van der Waals surface area contributed by atoms with Crippen LogP contribution in [0.1, 0.15) is 31.0 Å². The minimum atomic E-state index is -0.685. The molecule has 0 aromatic heterocycles. The van der Waals surface area contributed by atoms with Crippen LogP contribution in [-0.2, 0) is 4.79 Å². The van der Waals surface area contributed by atoms with Crippen LogP contribution in [-0.4, -0.2) is 33.4 Å². The van der Waals surface area contributed by atoms with Gasteiger partial charge in [-0.1, -0.05) is 18.0 Å². The van der Waals surface area contributed by atoms with Gasteiger partial charge in [0, 0.05) is 23.2 Å². The molecule has 0 bridgehead atoms. The summed E-state index contributed by atoms with van der Waals surface area (Å²) >= 11 is 5.91. The molecule has 3 rings (SSSR count). The molecule has 1 aromatic carbocycles. The van der Waals surface area contributed by atoms with Crippen molar-refractivity contribution >= 4 is 23.2 Å². The van der Waals surface area contributed by atoms with Crippen LogP contribution in [0.25, 0.3) is 0 Å². The van der Waals surface area contributed by atoms with Gasteiger partial charge in [0.05, 0.1) is 11.0 Å².